The fraction of sp³-hybridized carbons (Fsp3) is 0.250. The molecule has 6 heteroatoms. The smallest absolute Gasteiger partial charge is 0.254 e. The molecule has 0 unspecified atom stereocenters. The molecule has 2 aliphatic heterocycles. The molecule has 3 rings (SSSR count). The van der Waals surface area contributed by atoms with Gasteiger partial charge in [0, 0.05) is 12.0 Å². The molecule has 0 aromatic heterocycles. The van der Waals surface area contributed by atoms with E-state index in [0.29, 0.717) is 40.9 Å². The Morgan fingerprint density at radius 1 is 1.39 bits per heavy atom. The van der Waals surface area contributed by atoms with Crippen LogP contribution in [-0.2, 0) is 17.8 Å². The van der Waals surface area contributed by atoms with E-state index in [-0.39, 0.29) is 12.5 Å². The summed E-state index contributed by atoms with van der Waals surface area (Å²) in [5, 5.41) is 15.2. The van der Waals surface area contributed by atoms with E-state index in [1.54, 1.807) is 12.1 Å². The number of nitrogens with one attached hydrogen (secondary N) is 2. The highest BCUT2D eigenvalue weighted by Gasteiger charge is 2.29. The van der Waals surface area contributed by atoms with Gasteiger partial charge in [0.2, 0.25) is 5.88 Å². The average Bonchev–Trinajstić information content (AvgIpc) is 2.38. The van der Waals surface area contributed by atoms with Crippen LogP contribution in [0.4, 0.5) is 0 Å². The first-order valence-electron chi connectivity index (χ1n) is 5.54. The molecule has 0 bridgehead atoms. The van der Waals surface area contributed by atoms with E-state index in [9.17, 15) is 4.79 Å². The molecular formula is C12H11ClN2O3. The first-order valence-corrected chi connectivity index (χ1v) is 5.92. The van der Waals surface area contributed by atoms with Gasteiger partial charge in [0.1, 0.15) is 0 Å². The molecule has 0 saturated carbocycles. The maximum Gasteiger partial charge on any atom is 0.254 e. The molecule has 0 aliphatic carbocycles. The summed E-state index contributed by atoms with van der Waals surface area (Å²) < 4.78 is 5.63. The van der Waals surface area contributed by atoms with Crippen LogP contribution >= 0.6 is 11.6 Å². The minimum Gasteiger partial charge on any atom is -0.439 e. The van der Waals surface area contributed by atoms with Gasteiger partial charge in [-0.25, -0.2) is 0 Å². The predicted molar refractivity (Wildman–Crippen MR) is 64.9 cm³/mol. The van der Waals surface area contributed by atoms with Crippen molar-refractivity contribution >= 4 is 17.5 Å². The third-order valence-electron chi connectivity index (χ3n) is 2.98. The highest BCUT2D eigenvalue weighted by molar-refractivity contribution is 6.32. The average molecular weight is 267 g/mol. The Labute approximate surface area is 108 Å². The van der Waals surface area contributed by atoms with Crippen molar-refractivity contribution in [3.05, 3.63) is 39.7 Å². The quantitative estimate of drug-likeness (QED) is 0.698. The molecule has 1 aromatic carbocycles. The van der Waals surface area contributed by atoms with Gasteiger partial charge < -0.3 is 20.5 Å². The molecular weight excluding hydrogens is 256 g/mol. The van der Waals surface area contributed by atoms with Crippen molar-refractivity contribution in [1.82, 2.24) is 10.6 Å². The second-order valence-electron chi connectivity index (χ2n) is 4.17. The van der Waals surface area contributed by atoms with E-state index >= 15 is 0 Å². The van der Waals surface area contributed by atoms with Crippen molar-refractivity contribution in [3.8, 4) is 5.75 Å². The number of ether oxygens (including phenoxy) is 1. The zero-order valence-electron chi connectivity index (χ0n) is 9.42. The van der Waals surface area contributed by atoms with Crippen molar-refractivity contribution < 1.29 is 14.6 Å². The van der Waals surface area contributed by atoms with Gasteiger partial charge >= 0.3 is 0 Å². The molecule has 2 aliphatic rings. The molecule has 94 valence electrons. The van der Waals surface area contributed by atoms with Gasteiger partial charge in [-0.2, -0.15) is 0 Å². The van der Waals surface area contributed by atoms with Gasteiger partial charge in [-0.05, 0) is 17.7 Å². The van der Waals surface area contributed by atoms with Crippen LogP contribution in [0.15, 0.2) is 23.6 Å². The molecule has 18 heavy (non-hydrogen) atoms. The molecule has 0 spiro atoms. The lowest BCUT2D eigenvalue weighted by atomic mass is 9.99. The topological polar surface area (TPSA) is 70.6 Å². The standard InChI is InChI=1S/C12H11ClN2O3/c13-9-2-6(4-16)1-7-3-8-11(17)14-5-15-12(8)18-10(7)9/h1-2,15-16H,3-5H2,(H,14,17). The van der Waals surface area contributed by atoms with E-state index < -0.39 is 0 Å². The van der Waals surface area contributed by atoms with E-state index in [1.165, 1.54) is 0 Å². The SMILES string of the molecule is O=C1NCNC2=C1Cc1cc(CO)cc(Cl)c1O2. The number of fused-ring (bicyclic) bond motifs is 1. The molecule has 0 saturated heterocycles. The van der Waals surface area contributed by atoms with Crippen LogP contribution in [-0.4, -0.2) is 17.7 Å². The Bertz CT molecular complexity index is 569. The Morgan fingerprint density at radius 3 is 3.00 bits per heavy atom. The summed E-state index contributed by atoms with van der Waals surface area (Å²) in [4.78, 5) is 11.7. The van der Waals surface area contributed by atoms with E-state index in [4.69, 9.17) is 21.4 Å². The van der Waals surface area contributed by atoms with E-state index in [1.807, 2.05) is 0 Å². The number of hydrogen-bond donors (Lipinski definition) is 3. The maximum atomic E-state index is 11.7. The fourth-order valence-electron chi connectivity index (χ4n) is 2.12. The number of hydrogen-bond acceptors (Lipinski definition) is 4. The zero-order valence-corrected chi connectivity index (χ0v) is 10.2. The molecule has 1 aromatic rings. The summed E-state index contributed by atoms with van der Waals surface area (Å²) in [5.74, 6) is 0.875. The highest BCUT2D eigenvalue weighted by Crippen LogP contribution is 2.37. The third-order valence-corrected chi connectivity index (χ3v) is 3.26. The van der Waals surface area contributed by atoms with Gasteiger partial charge in [0.15, 0.2) is 5.75 Å². The summed E-state index contributed by atoms with van der Waals surface area (Å²) in [6.07, 6.45) is 0.442. The first kappa shape index (κ1) is 11.4. The second-order valence-corrected chi connectivity index (χ2v) is 4.58. The molecule has 2 heterocycles. The normalized spacial score (nSPS) is 17.3. The van der Waals surface area contributed by atoms with E-state index in [2.05, 4.69) is 10.6 Å². The third kappa shape index (κ3) is 1.72. The van der Waals surface area contributed by atoms with Gasteiger partial charge in [-0.15, -0.1) is 0 Å². The number of carbonyl (C=O) groups is 1. The van der Waals surface area contributed by atoms with Crippen LogP contribution < -0.4 is 15.4 Å². The lowest BCUT2D eigenvalue weighted by molar-refractivity contribution is -0.118. The Morgan fingerprint density at radius 2 is 2.22 bits per heavy atom. The molecule has 1 amide bonds. The fourth-order valence-corrected chi connectivity index (χ4v) is 2.42. The summed E-state index contributed by atoms with van der Waals surface area (Å²) in [6.45, 7) is 0.253. The monoisotopic (exact) mass is 266 g/mol. The largest absolute Gasteiger partial charge is 0.439 e. The number of aliphatic hydroxyl groups is 1. The molecule has 0 radical (unpaired) electrons. The minimum atomic E-state index is -0.139. The zero-order chi connectivity index (χ0) is 12.7. The van der Waals surface area contributed by atoms with Crippen molar-refractivity contribution in [3.63, 3.8) is 0 Å². The van der Waals surface area contributed by atoms with Crippen LogP contribution in [0.5, 0.6) is 5.75 Å². The van der Waals surface area contributed by atoms with Gasteiger partial charge in [-0.3, -0.25) is 4.79 Å². The molecule has 0 fully saturated rings. The molecule has 3 N–H and O–H groups in total. The summed E-state index contributed by atoms with van der Waals surface area (Å²) in [6, 6.07) is 3.46. The van der Waals surface area contributed by atoms with E-state index in [0.717, 1.165) is 5.56 Å². The summed E-state index contributed by atoms with van der Waals surface area (Å²) in [7, 11) is 0. The Hall–Kier alpha value is -1.72. The van der Waals surface area contributed by atoms with Crippen LogP contribution in [0.25, 0.3) is 0 Å². The maximum absolute atomic E-state index is 11.7. The Kier molecular flexibility index (Phi) is 2.65. The van der Waals surface area contributed by atoms with Crippen LogP contribution in [0.2, 0.25) is 5.02 Å². The van der Waals surface area contributed by atoms with Crippen LogP contribution in [0.1, 0.15) is 11.1 Å². The van der Waals surface area contributed by atoms with Crippen molar-refractivity contribution in [1.29, 1.82) is 0 Å². The van der Waals surface area contributed by atoms with Crippen LogP contribution in [0, 0.1) is 0 Å². The second kappa shape index (κ2) is 4.19. The lowest BCUT2D eigenvalue weighted by Crippen LogP contribution is -2.44. The number of amides is 1. The van der Waals surface area contributed by atoms with Crippen molar-refractivity contribution in [2.45, 2.75) is 13.0 Å². The first-order chi connectivity index (χ1) is 8.69. The number of aliphatic hydroxyl groups excluding tert-OH is 1. The highest BCUT2D eigenvalue weighted by atomic mass is 35.5. The van der Waals surface area contributed by atoms with Crippen molar-refractivity contribution in [2.24, 2.45) is 0 Å². The van der Waals surface area contributed by atoms with Crippen molar-refractivity contribution in [2.75, 3.05) is 6.67 Å². The number of carbonyl (C=O) groups excluding carboxylic acids is 1. The summed E-state index contributed by atoms with van der Waals surface area (Å²) in [5.41, 5.74) is 2.07. The predicted octanol–water partition coefficient (Wildman–Crippen LogP) is 0.656. The van der Waals surface area contributed by atoms with Crippen LogP contribution in [0.3, 0.4) is 0 Å². The number of halogens is 1. The lowest BCUT2D eigenvalue weighted by Gasteiger charge is -2.28. The van der Waals surface area contributed by atoms with Gasteiger partial charge in [0.05, 0.1) is 23.9 Å². The van der Waals surface area contributed by atoms with Gasteiger partial charge in [-0.1, -0.05) is 11.6 Å². The molecule has 5 nitrogen and oxygen atoms in total. The number of rotatable bonds is 1. The summed E-state index contributed by atoms with van der Waals surface area (Å²) >= 11 is 6.11. The number of benzene rings is 1. The van der Waals surface area contributed by atoms with Gasteiger partial charge in [0.25, 0.3) is 5.91 Å². The minimum absolute atomic E-state index is 0.0939. The Balaban J connectivity index is 2.05. The molecule has 0 atom stereocenters.